The van der Waals surface area contributed by atoms with Crippen LogP contribution in [0.25, 0.3) is 21.9 Å². The second-order valence-electron chi connectivity index (χ2n) is 5.94. The van der Waals surface area contributed by atoms with E-state index < -0.39 is 5.41 Å². The Balaban J connectivity index is 2.11. The van der Waals surface area contributed by atoms with E-state index in [1.165, 1.54) is 0 Å². The Bertz CT molecular complexity index is 848. The zero-order chi connectivity index (χ0) is 15.2. The number of fused-ring (bicyclic) bond motifs is 3. The number of aromatic amines is 1. The standard InChI is InChI=1S/C15H15ClN4O/c1-15(2,3)13(21)20-14-18-11(16)10-8-6-4-5-7-9(8)17-12(10)19-14/h4-7H,1-3H3,(H2,17,18,19,20,21). The van der Waals surface area contributed by atoms with E-state index in [1.807, 2.05) is 45.0 Å². The van der Waals surface area contributed by atoms with Crippen LogP contribution in [0.2, 0.25) is 5.15 Å². The van der Waals surface area contributed by atoms with Gasteiger partial charge in [0.15, 0.2) is 0 Å². The Labute approximate surface area is 126 Å². The number of aromatic nitrogens is 3. The summed E-state index contributed by atoms with van der Waals surface area (Å²) in [6.07, 6.45) is 0. The highest BCUT2D eigenvalue weighted by Gasteiger charge is 2.23. The zero-order valence-electron chi connectivity index (χ0n) is 12.0. The second kappa shape index (κ2) is 4.70. The number of benzene rings is 1. The molecule has 3 aromatic rings. The van der Waals surface area contributed by atoms with E-state index in [2.05, 4.69) is 20.3 Å². The predicted molar refractivity (Wildman–Crippen MR) is 84.5 cm³/mol. The van der Waals surface area contributed by atoms with Crippen LogP contribution in [0.15, 0.2) is 24.3 Å². The van der Waals surface area contributed by atoms with Crippen LogP contribution in [0.4, 0.5) is 5.95 Å². The van der Waals surface area contributed by atoms with E-state index in [-0.39, 0.29) is 11.9 Å². The summed E-state index contributed by atoms with van der Waals surface area (Å²) in [5, 5.41) is 4.74. The lowest BCUT2D eigenvalue weighted by atomic mass is 9.96. The van der Waals surface area contributed by atoms with Crippen LogP contribution >= 0.6 is 11.6 Å². The number of rotatable bonds is 1. The molecular weight excluding hydrogens is 288 g/mol. The molecule has 0 aliphatic rings. The molecule has 0 unspecified atom stereocenters. The molecule has 2 heterocycles. The van der Waals surface area contributed by atoms with Crippen LogP contribution in [-0.4, -0.2) is 20.9 Å². The molecule has 0 radical (unpaired) electrons. The van der Waals surface area contributed by atoms with E-state index in [0.29, 0.717) is 10.8 Å². The van der Waals surface area contributed by atoms with Crippen molar-refractivity contribution in [2.24, 2.45) is 5.41 Å². The molecule has 0 aliphatic carbocycles. The van der Waals surface area contributed by atoms with Gasteiger partial charge in [0.25, 0.3) is 0 Å². The molecule has 6 heteroatoms. The van der Waals surface area contributed by atoms with Gasteiger partial charge in [-0.1, -0.05) is 50.6 Å². The van der Waals surface area contributed by atoms with Crippen molar-refractivity contribution in [3.8, 4) is 0 Å². The fraction of sp³-hybridized carbons (Fsp3) is 0.267. The predicted octanol–water partition coefficient (Wildman–Crippen LogP) is 3.75. The third-order valence-corrected chi connectivity index (χ3v) is 3.49. The van der Waals surface area contributed by atoms with Crippen LogP contribution < -0.4 is 5.32 Å². The van der Waals surface area contributed by atoms with E-state index in [9.17, 15) is 4.79 Å². The first-order valence-electron chi connectivity index (χ1n) is 6.61. The number of nitrogens with zero attached hydrogens (tertiary/aromatic N) is 2. The third kappa shape index (κ3) is 2.45. The Morgan fingerprint density at radius 1 is 1.24 bits per heavy atom. The minimum Gasteiger partial charge on any atom is -0.339 e. The van der Waals surface area contributed by atoms with Crippen LogP contribution in [0, 0.1) is 5.41 Å². The summed E-state index contributed by atoms with van der Waals surface area (Å²) < 4.78 is 0. The zero-order valence-corrected chi connectivity index (χ0v) is 12.7. The fourth-order valence-corrected chi connectivity index (χ4v) is 2.32. The Morgan fingerprint density at radius 3 is 2.67 bits per heavy atom. The van der Waals surface area contributed by atoms with Crippen molar-refractivity contribution < 1.29 is 4.79 Å². The number of carbonyl (C=O) groups is 1. The van der Waals surface area contributed by atoms with Crippen LogP contribution in [0.5, 0.6) is 0 Å². The lowest BCUT2D eigenvalue weighted by Crippen LogP contribution is -2.28. The molecule has 0 atom stereocenters. The molecule has 5 nitrogen and oxygen atoms in total. The second-order valence-corrected chi connectivity index (χ2v) is 6.29. The molecule has 0 spiro atoms. The highest BCUT2D eigenvalue weighted by molar-refractivity contribution is 6.36. The molecule has 0 aliphatic heterocycles. The van der Waals surface area contributed by atoms with E-state index >= 15 is 0 Å². The van der Waals surface area contributed by atoms with Gasteiger partial charge in [-0.2, -0.15) is 9.97 Å². The minimum absolute atomic E-state index is 0.158. The average Bonchev–Trinajstić information content (AvgIpc) is 2.75. The van der Waals surface area contributed by atoms with Gasteiger partial charge in [-0.3, -0.25) is 10.1 Å². The molecule has 0 fully saturated rings. The monoisotopic (exact) mass is 302 g/mol. The summed E-state index contributed by atoms with van der Waals surface area (Å²) >= 11 is 6.26. The van der Waals surface area contributed by atoms with Crippen molar-refractivity contribution in [1.29, 1.82) is 0 Å². The van der Waals surface area contributed by atoms with Gasteiger partial charge in [0.1, 0.15) is 10.8 Å². The number of carbonyl (C=O) groups excluding carboxylic acids is 1. The molecule has 2 aromatic heterocycles. The quantitative estimate of drug-likeness (QED) is 0.673. The van der Waals surface area contributed by atoms with Gasteiger partial charge in [-0.15, -0.1) is 0 Å². The first-order valence-corrected chi connectivity index (χ1v) is 6.99. The SMILES string of the molecule is CC(C)(C)C(=O)Nc1nc(Cl)c2c(n1)[nH]c1ccccc12. The molecule has 0 bridgehead atoms. The molecular formula is C15H15ClN4O. The summed E-state index contributed by atoms with van der Waals surface area (Å²) in [7, 11) is 0. The molecule has 0 saturated heterocycles. The van der Waals surface area contributed by atoms with Gasteiger partial charge in [0.2, 0.25) is 11.9 Å². The highest BCUT2D eigenvalue weighted by Crippen LogP contribution is 2.30. The van der Waals surface area contributed by atoms with Crippen molar-refractivity contribution in [1.82, 2.24) is 15.0 Å². The number of nitrogens with one attached hydrogen (secondary N) is 2. The average molecular weight is 303 g/mol. The van der Waals surface area contributed by atoms with Gasteiger partial charge < -0.3 is 4.98 Å². The van der Waals surface area contributed by atoms with Gasteiger partial charge in [0, 0.05) is 16.3 Å². The van der Waals surface area contributed by atoms with Gasteiger partial charge in [0.05, 0.1) is 5.39 Å². The van der Waals surface area contributed by atoms with Crippen LogP contribution in [0.1, 0.15) is 20.8 Å². The summed E-state index contributed by atoms with van der Waals surface area (Å²) in [4.78, 5) is 23.7. The Morgan fingerprint density at radius 2 is 1.95 bits per heavy atom. The van der Waals surface area contributed by atoms with Crippen molar-refractivity contribution in [2.75, 3.05) is 5.32 Å². The minimum atomic E-state index is -0.523. The molecule has 1 aromatic carbocycles. The first-order chi connectivity index (χ1) is 9.86. The number of para-hydroxylation sites is 1. The maximum Gasteiger partial charge on any atom is 0.232 e. The molecule has 108 valence electrons. The number of hydrogen-bond donors (Lipinski definition) is 2. The van der Waals surface area contributed by atoms with Crippen molar-refractivity contribution in [3.05, 3.63) is 29.4 Å². The lowest BCUT2D eigenvalue weighted by molar-refractivity contribution is -0.123. The number of hydrogen-bond acceptors (Lipinski definition) is 3. The summed E-state index contributed by atoms with van der Waals surface area (Å²) in [6, 6.07) is 7.76. The van der Waals surface area contributed by atoms with Crippen molar-refractivity contribution in [3.63, 3.8) is 0 Å². The van der Waals surface area contributed by atoms with Crippen LogP contribution in [-0.2, 0) is 4.79 Å². The number of anilines is 1. The summed E-state index contributed by atoms with van der Waals surface area (Å²) in [5.74, 6) is 0.0491. The number of H-pyrrole nitrogens is 1. The fourth-order valence-electron chi connectivity index (χ4n) is 2.05. The van der Waals surface area contributed by atoms with Crippen LogP contribution in [0.3, 0.4) is 0 Å². The third-order valence-electron chi connectivity index (χ3n) is 3.22. The number of halogens is 1. The Kier molecular flexibility index (Phi) is 3.10. The lowest BCUT2D eigenvalue weighted by Gasteiger charge is -2.16. The topological polar surface area (TPSA) is 70.7 Å². The van der Waals surface area contributed by atoms with Gasteiger partial charge in [-0.25, -0.2) is 0 Å². The molecule has 0 saturated carbocycles. The molecule has 3 rings (SSSR count). The summed E-state index contributed by atoms with van der Waals surface area (Å²) in [5.41, 5.74) is 1.02. The molecule has 21 heavy (non-hydrogen) atoms. The first kappa shape index (κ1) is 13.8. The van der Waals surface area contributed by atoms with Crippen molar-refractivity contribution in [2.45, 2.75) is 20.8 Å². The molecule has 1 amide bonds. The van der Waals surface area contributed by atoms with Gasteiger partial charge >= 0.3 is 0 Å². The Hall–Kier alpha value is -2.14. The maximum absolute atomic E-state index is 12.0. The molecule has 2 N–H and O–H groups in total. The highest BCUT2D eigenvalue weighted by atomic mass is 35.5. The van der Waals surface area contributed by atoms with Crippen molar-refractivity contribution >= 4 is 45.4 Å². The smallest absolute Gasteiger partial charge is 0.232 e. The maximum atomic E-state index is 12.0. The summed E-state index contributed by atoms with van der Waals surface area (Å²) in [6.45, 7) is 5.47. The van der Waals surface area contributed by atoms with E-state index in [4.69, 9.17) is 11.6 Å². The van der Waals surface area contributed by atoms with E-state index in [1.54, 1.807) is 0 Å². The normalized spacial score (nSPS) is 12.0. The number of amides is 1. The van der Waals surface area contributed by atoms with E-state index in [0.717, 1.165) is 16.3 Å². The largest absolute Gasteiger partial charge is 0.339 e. The van der Waals surface area contributed by atoms with Gasteiger partial charge in [-0.05, 0) is 6.07 Å².